The molecule has 2 aromatic carbocycles. The van der Waals surface area contributed by atoms with E-state index in [0.717, 1.165) is 11.1 Å². The molecule has 4 nitrogen and oxygen atoms in total. The number of hydrogen-bond acceptors (Lipinski definition) is 4. The fraction of sp³-hybridized carbons (Fsp3) is 0.238. The molecule has 0 bridgehead atoms. The van der Waals surface area contributed by atoms with Crippen molar-refractivity contribution in [2.75, 3.05) is 0 Å². The first-order chi connectivity index (χ1) is 11.9. The molecular weight excluding hydrogens is 316 g/mol. The highest BCUT2D eigenvalue weighted by atomic mass is 16.5. The van der Waals surface area contributed by atoms with Crippen LogP contribution in [0.2, 0.25) is 0 Å². The Bertz CT molecular complexity index is 752. The van der Waals surface area contributed by atoms with E-state index in [-0.39, 0.29) is 5.92 Å². The van der Waals surface area contributed by atoms with E-state index in [1.54, 1.807) is 12.1 Å². The van der Waals surface area contributed by atoms with Crippen LogP contribution in [-0.4, -0.2) is 11.9 Å². The lowest BCUT2D eigenvalue weighted by Gasteiger charge is -2.17. The molecule has 0 aliphatic heterocycles. The first-order valence-corrected chi connectivity index (χ1v) is 8.14. The lowest BCUT2D eigenvalue weighted by atomic mass is 9.98. The van der Waals surface area contributed by atoms with Crippen molar-refractivity contribution in [3.05, 3.63) is 59.2 Å². The van der Waals surface area contributed by atoms with E-state index in [9.17, 15) is 9.59 Å². The third-order valence-electron chi connectivity index (χ3n) is 3.48. The average Bonchev–Trinajstić information content (AvgIpc) is 2.52. The minimum absolute atomic E-state index is 0.0239. The van der Waals surface area contributed by atoms with Crippen molar-refractivity contribution in [3.8, 4) is 11.5 Å². The Hall–Kier alpha value is -2.88. The maximum absolute atomic E-state index is 11.5. The molecule has 0 amide bonds. The van der Waals surface area contributed by atoms with Crippen LogP contribution in [0.1, 0.15) is 50.3 Å². The lowest BCUT2D eigenvalue weighted by molar-refractivity contribution is -0.132. The summed E-state index contributed by atoms with van der Waals surface area (Å²) in [7, 11) is 0. The maximum atomic E-state index is 11.5. The van der Waals surface area contributed by atoms with Crippen molar-refractivity contribution in [1.29, 1.82) is 0 Å². The van der Waals surface area contributed by atoms with Crippen molar-refractivity contribution in [3.63, 3.8) is 0 Å². The number of hydrogen-bond donors (Lipinski definition) is 0. The van der Waals surface area contributed by atoms with Gasteiger partial charge in [-0.2, -0.15) is 0 Å². The van der Waals surface area contributed by atoms with Gasteiger partial charge in [-0.05, 0) is 29.2 Å². The molecule has 0 fully saturated rings. The molecule has 0 N–H and O–H groups in total. The van der Waals surface area contributed by atoms with Crippen LogP contribution in [0.15, 0.2) is 42.5 Å². The van der Waals surface area contributed by atoms with E-state index in [0.29, 0.717) is 17.1 Å². The van der Waals surface area contributed by atoms with Crippen LogP contribution in [0.3, 0.4) is 0 Å². The van der Waals surface area contributed by atoms with E-state index in [1.807, 2.05) is 56.3 Å². The van der Waals surface area contributed by atoms with Gasteiger partial charge in [-0.1, -0.05) is 56.3 Å². The maximum Gasteiger partial charge on any atom is 0.308 e. The van der Waals surface area contributed by atoms with E-state index in [1.165, 1.54) is 13.8 Å². The van der Waals surface area contributed by atoms with Crippen LogP contribution >= 0.6 is 0 Å². The molecule has 4 heteroatoms. The molecule has 2 aromatic rings. The Balaban J connectivity index is 2.51. The lowest BCUT2D eigenvalue weighted by Crippen LogP contribution is -2.09. The van der Waals surface area contributed by atoms with Gasteiger partial charge in [-0.3, -0.25) is 9.59 Å². The van der Waals surface area contributed by atoms with Gasteiger partial charge in [0.05, 0.1) is 0 Å². The minimum Gasteiger partial charge on any atom is -0.426 e. The van der Waals surface area contributed by atoms with Crippen LogP contribution in [0.5, 0.6) is 11.5 Å². The number of carbonyl (C=O) groups excluding carboxylic acids is 2. The Labute approximate surface area is 148 Å². The van der Waals surface area contributed by atoms with Gasteiger partial charge in [0, 0.05) is 19.4 Å². The fourth-order valence-corrected chi connectivity index (χ4v) is 2.52. The molecule has 2 rings (SSSR count). The number of ether oxygens (including phenoxy) is 2. The summed E-state index contributed by atoms with van der Waals surface area (Å²) in [5.41, 5.74) is 2.52. The van der Waals surface area contributed by atoms with Gasteiger partial charge in [-0.25, -0.2) is 0 Å². The highest BCUT2D eigenvalue weighted by Gasteiger charge is 2.18. The van der Waals surface area contributed by atoms with Gasteiger partial charge in [0.25, 0.3) is 0 Å². The second kappa shape index (κ2) is 8.29. The Kier molecular flexibility index (Phi) is 6.12. The number of esters is 2. The van der Waals surface area contributed by atoms with E-state index < -0.39 is 11.9 Å². The van der Waals surface area contributed by atoms with Gasteiger partial charge < -0.3 is 9.47 Å². The van der Waals surface area contributed by atoms with Gasteiger partial charge in [0.2, 0.25) is 0 Å². The average molecular weight is 338 g/mol. The summed E-state index contributed by atoms with van der Waals surface area (Å²) in [6.07, 6.45) is 3.83. The second-order valence-electron chi connectivity index (χ2n) is 6.02. The number of benzene rings is 2. The smallest absolute Gasteiger partial charge is 0.308 e. The molecule has 0 saturated heterocycles. The number of carbonyl (C=O) groups is 2. The molecule has 0 saturated carbocycles. The summed E-state index contributed by atoms with van der Waals surface area (Å²) in [6.45, 7) is 6.60. The Morgan fingerprint density at radius 2 is 1.32 bits per heavy atom. The largest absolute Gasteiger partial charge is 0.426 e. The molecule has 130 valence electrons. The first kappa shape index (κ1) is 18.5. The van der Waals surface area contributed by atoms with Gasteiger partial charge >= 0.3 is 11.9 Å². The van der Waals surface area contributed by atoms with Crippen LogP contribution in [0, 0.1) is 0 Å². The standard InChI is InChI=1S/C21H22O4/c1-14(2)21-19(24-15(3)22)12-18(13-20(21)25-16(4)23)11-10-17-8-6-5-7-9-17/h5-14H,1-4H3. The summed E-state index contributed by atoms with van der Waals surface area (Å²) in [5, 5.41) is 0. The second-order valence-corrected chi connectivity index (χ2v) is 6.02. The SMILES string of the molecule is CC(=O)Oc1cc(C=Cc2ccccc2)cc(OC(C)=O)c1C(C)C. The Morgan fingerprint density at radius 1 is 0.840 bits per heavy atom. The number of rotatable bonds is 5. The van der Waals surface area contributed by atoms with Crippen LogP contribution in [-0.2, 0) is 9.59 Å². The first-order valence-electron chi connectivity index (χ1n) is 8.14. The molecule has 0 radical (unpaired) electrons. The zero-order valence-electron chi connectivity index (χ0n) is 14.9. The molecule has 0 spiro atoms. The summed E-state index contributed by atoms with van der Waals surface area (Å²) in [6, 6.07) is 13.4. The molecular formula is C21H22O4. The third kappa shape index (κ3) is 5.31. The molecule has 25 heavy (non-hydrogen) atoms. The topological polar surface area (TPSA) is 52.6 Å². The summed E-state index contributed by atoms with van der Waals surface area (Å²) < 4.78 is 10.7. The quantitative estimate of drug-likeness (QED) is 0.445. The molecule has 0 aliphatic rings. The van der Waals surface area contributed by atoms with E-state index in [2.05, 4.69) is 0 Å². The van der Waals surface area contributed by atoms with Crippen LogP contribution in [0.4, 0.5) is 0 Å². The van der Waals surface area contributed by atoms with Crippen LogP contribution < -0.4 is 9.47 Å². The molecule has 0 aromatic heterocycles. The molecule has 0 atom stereocenters. The highest BCUT2D eigenvalue weighted by Crippen LogP contribution is 2.37. The van der Waals surface area contributed by atoms with E-state index in [4.69, 9.17) is 9.47 Å². The molecule has 0 heterocycles. The Morgan fingerprint density at radius 3 is 1.76 bits per heavy atom. The third-order valence-corrected chi connectivity index (χ3v) is 3.48. The summed E-state index contributed by atoms with van der Waals surface area (Å²) >= 11 is 0. The van der Waals surface area contributed by atoms with Crippen molar-refractivity contribution in [2.24, 2.45) is 0 Å². The normalized spacial score (nSPS) is 10.9. The molecule has 0 aliphatic carbocycles. The van der Waals surface area contributed by atoms with Crippen molar-refractivity contribution < 1.29 is 19.1 Å². The summed E-state index contributed by atoms with van der Waals surface area (Å²) in [4.78, 5) is 22.9. The van der Waals surface area contributed by atoms with Crippen molar-refractivity contribution in [1.82, 2.24) is 0 Å². The van der Waals surface area contributed by atoms with Gasteiger partial charge in [-0.15, -0.1) is 0 Å². The zero-order valence-corrected chi connectivity index (χ0v) is 14.9. The van der Waals surface area contributed by atoms with Crippen molar-refractivity contribution in [2.45, 2.75) is 33.6 Å². The van der Waals surface area contributed by atoms with Crippen molar-refractivity contribution >= 4 is 24.1 Å². The zero-order chi connectivity index (χ0) is 18.4. The predicted octanol–water partition coefficient (Wildman–Crippen LogP) is 4.83. The van der Waals surface area contributed by atoms with Gasteiger partial charge in [0.1, 0.15) is 11.5 Å². The van der Waals surface area contributed by atoms with Crippen LogP contribution in [0.25, 0.3) is 12.2 Å². The van der Waals surface area contributed by atoms with Gasteiger partial charge in [0.15, 0.2) is 0 Å². The fourth-order valence-electron chi connectivity index (χ4n) is 2.52. The predicted molar refractivity (Wildman–Crippen MR) is 98.5 cm³/mol. The van der Waals surface area contributed by atoms with E-state index >= 15 is 0 Å². The highest BCUT2D eigenvalue weighted by molar-refractivity contribution is 5.76. The monoisotopic (exact) mass is 338 g/mol. The summed E-state index contributed by atoms with van der Waals surface area (Å²) in [5.74, 6) is 0.0125. The minimum atomic E-state index is -0.417. The molecule has 0 unspecified atom stereocenters.